The summed E-state index contributed by atoms with van der Waals surface area (Å²) in [6.45, 7) is 5.39. The minimum absolute atomic E-state index is 0.0194. The highest BCUT2D eigenvalue weighted by atomic mass is 16.5. The average Bonchev–Trinajstić information content (AvgIpc) is 2.83. The third-order valence-corrected chi connectivity index (χ3v) is 3.37. The second-order valence-corrected chi connectivity index (χ2v) is 4.81. The van der Waals surface area contributed by atoms with Crippen molar-refractivity contribution in [1.29, 1.82) is 0 Å². The lowest BCUT2D eigenvalue weighted by molar-refractivity contribution is -0.128. The smallest absolute Gasteiger partial charge is 0.223 e. The van der Waals surface area contributed by atoms with E-state index in [2.05, 4.69) is 15.3 Å². The van der Waals surface area contributed by atoms with E-state index in [1.54, 1.807) is 6.20 Å². The first-order valence-electron chi connectivity index (χ1n) is 6.60. The standard InChI is InChI=1S/C13H21N3O2/c1-3-11(12-14-8-9(2)15-12)16-13(17)10-4-6-18-7-5-10/h8,10-11H,3-7H2,1-2H3,(H,14,15)(H,16,17). The Morgan fingerprint density at radius 2 is 2.33 bits per heavy atom. The van der Waals surface area contributed by atoms with Crippen LogP contribution < -0.4 is 5.32 Å². The summed E-state index contributed by atoms with van der Waals surface area (Å²) in [6.07, 6.45) is 4.26. The molecule has 0 aliphatic carbocycles. The molecule has 0 spiro atoms. The first-order chi connectivity index (χ1) is 8.70. The molecule has 0 bridgehead atoms. The number of rotatable bonds is 4. The van der Waals surface area contributed by atoms with Crippen LogP contribution in [0.5, 0.6) is 0 Å². The van der Waals surface area contributed by atoms with Crippen molar-refractivity contribution in [3.05, 3.63) is 17.7 Å². The van der Waals surface area contributed by atoms with Crippen molar-refractivity contribution in [3.8, 4) is 0 Å². The Labute approximate surface area is 107 Å². The number of hydrogen-bond acceptors (Lipinski definition) is 3. The Morgan fingerprint density at radius 3 is 2.89 bits per heavy atom. The molecule has 1 aliphatic heterocycles. The molecule has 0 aromatic carbocycles. The van der Waals surface area contributed by atoms with Crippen molar-refractivity contribution in [2.24, 2.45) is 5.92 Å². The number of aryl methyl sites for hydroxylation is 1. The van der Waals surface area contributed by atoms with Gasteiger partial charge < -0.3 is 15.0 Å². The molecule has 1 aliphatic rings. The number of ether oxygens (including phenoxy) is 1. The molecular weight excluding hydrogens is 230 g/mol. The van der Waals surface area contributed by atoms with Crippen molar-refractivity contribution >= 4 is 5.91 Å². The van der Waals surface area contributed by atoms with Gasteiger partial charge in [0.2, 0.25) is 5.91 Å². The second-order valence-electron chi connectivity index (χ2n) is 4.81. The summed E-state index contributed by atoms with van der Waals surface area (Å²) in [7, 11) is 0. The number of nitrogens with one attached hydrogen (secondary N) is 2. The number of carbonyl (C=O) groups excluding carboxylic acids is 1. The van der Waals surface area contributed by atoms with Crippen LogP contribution in [0.15, 0.2) is 6.20 Å². The Kier molecular flexibility index (Phi) is 4.36. The Morgan fingerprint density at radius 1 is 1.61 bits per heavy atom. The Hall–Kier alpha value is -1.36. The largest absolute Gasteiger partial charge is 0.381 e. The summed E-state index contributed by atoms with van der Waals surface area (Å²) < 4.78 is 5.27. The van der Waals surface area contributed by atoms with Crippen LogP contribution in [-0.2, 0) is 9.53 Å². The lowest BCUT2D eigenvalue weighted by Gasteiger charge is -2.23. The number of carbonyl (C=O) groups is 1. The second kappa shape index (κ2) is 6.00. The maximum atomic E-state index is 12.1. The van der Waals surface area contributed by atoms with Crippen molar-refractivity contribution < 1.29 is 9.53 Å². The van der Waals surface area contributed by atoms with E-state index in [0.29, 0.717) is 13.2 Å². The van der Waals surface area contributed by atoms with Gasteiger partial charge in [0.1, 0.15) is 5.82 Å². The van der Waals surface area contributed by atoms with Gasteiger partial charge in [0.15, 0.2) is 0 Å². The molecule has 2 N–H and O–H groups in total. The summed E-state index contributed by atoms with van der Waals surface area (Å²) in [5, 5.41) is 3.08. The number of hydrogen-bond donors (Lipinski definition) is 2. The molecule has 2 heterocycles. The van der Waals surface area contributed by atoms with Crippen molar-refractivity contribution in [1.82, 2.24) is 15.3 Å². The van der Waals surface area contributed by atoms with E-state index >= 15 is 0 Å². The minimum atomic E-state index is -0.0194. The Bertz CT molecular complexity index is 397. The lowest BCUT2D eigenvalue weighted by Crippen LogP contribution is -2.36. The summed E-state index contributed by atoms with van der Waals surface area (Å²) in [5.74, 6) is 1.05. The van der Waals surface area contributed by atoms with Crippen LogP contribution in [0.4, 0.5) is 0 Å². The maximum Gasteiger partial charge on any atom is 0.223 e. The van der Waals surface area contributed by atoms with E-state index in [4.69, 9.17) is 4.74 Å². The monoisotopic (exact) mass is 251 g/mol. The number of aromatic amines is 1. The van der Waals surface area contributed by atoms with Crippen molar-refractivity contribution in [2.45, 2.75) is 39.2 Å². The molecule has 100 valence electrons. The zero-order valence-electron chi connectivity index (χ0n) is 11.0. The van der Waals surface area contributed by atoms with Gasteiger partial charge in [0.05, 0.1) is 6.04 Å². The van der Waals surface area contributed by atoms with E-state index in [1.807, 2.05) is 13.8 Å². The van der Waals surface area contributed by atoms with Crippen molar-refractivity contribution in [3.63, 3.8) is 0 Å². The summed E-state index contributed by atoms with van der Waals surface area (Å²) in [6, 6.07) is -0.0194. The maximum absolute atomic E-state index is 12.1. The number of imidazole rings is 1. The Balaban J connectivity index is 1.95. The first-order valence-corrected chi connectivity index (χ1v) is 6.60. The number of aromatic nitrogens is 2. The molecule has 1 atom stereocenters. The van der Waals surface area contributed by atoms with Crippen LogP contribution in [0.3, 0.4) is 0 Å². The van der Waals surface area contributed by atoms with E-state index < -0.39 is 0 Å². The molecule has 1 amide bonds. The molecule has 0 saturated carbocycles. The molecule has 5 nitrogen and oxygen atoms in total. The van der Waals surface area contributed by atoms with Gasteiger partial charge in [-0.1, -0.05) is 6.92 Å². The quantitative estimate of drug-likeness (QED) is 0.856. The van der Waals surface area contributed by atoms with Crippen LogP contribution >= 0.6 is 0 Å². The molecule has 0 radical (unpaired) electrons. The molecule has 1 unspecified atom stereocenters. The molecule has 1 aromatic heterocycles. The number of amides is 1. The van der Waals surface area contributed by atoms with Crippen LogP contribution in [0.2, 0.25) is 0 Å². The SMILES string of the molecule is CCC(NC(=O)C1CCOCC1)c1ncc(C)[nH]1. The van der Waals surface area contributed by atoms with Gasteiger partial charge in [-0.2, -0.15) is 0 Å². The zero-order valence-corrected chi connectivity index (χ0v) is 11.0. The van der Waals surface area contributed by atoms with E-state index in [9.17, 15) is 4.79 Å². The highest BCUT2D eigenvalue weighted by Gasteiger charge is 2.24. The van der Waals surface area contributed by atoms with Gasteiger partial charge in [0.25, 0.3) is 0 Å². The fourth-order valence-corrected chi connectivity index (χ4v) is 2.22. The molecule has 5 heteroatoms. The van der Waals surface area contributed by atoms with Crippen LogP contribution in [0.25, 0.3) is 0 Å². The van der Waals surface area contributed by atoms with Crippen molar-refractivity contribution in [2.75, 3.05) is 13.2 Å². The van der Waals surface area contributed by atoms with Crippen LogP contribution in [-0.4, -0.2) is 29.1 Å². The molecule has 1 aromatic rings. The molecule has 1 fully saturated rings. The normalized spacial score (nSPS) is 18.6. The average molecular weight is 251 g/mol. The fraction of sp³-hybridized carbons (Fsp3) is 0.692. The van der Waals surface area contributed by atoms with Crippen LogP contribution in [0, 0.1) is 12.8 Å². The topological polar surface area (TPSA) is 67.0 Å². The van der Waals surface area contributed by atoms with Gasteiger partial charge in [-0.3, -0.25) is 4.79 Å². The third-order valence-electron chi connectivity index (χ3n) is 3.37. The predicted molar refractivity (Wildman–Crippen MR) is 68.0 cm³/mol. The zero-order chi connectivity index (χ0) is 13.0. The van der Waals surface area contributed by atoms with Gasteiger partial charge in [-0.15, -0.1) is 0 Å². The summed E-state index contributed by atoms with van der Waals surface area (Å²) in [5.41, 5.74) is 1.02. The molecule has 18 heavy (non-hydrogen) atoms. The first kappa shape index (κ1) is 13.1. The van der Waals surface area contributed by atoms with E-state index in [-0.39, 0.29) is 17.9 Å². The predicted octanol–water partition coefficient (Wildman–Crippen LogP) is 1.71. The van der Waals surface area contributed by atoms with Gasteiger partial charge in [-0.05, 0) is 26.2 Å². The number of H-pyrrole nitrogens is 1. The summed E-state index contributed by atoms with van der Waals surface area (Å²) in [4.78, 5) is 19.6. The lowest BCUT2D eigenvalue weighted by atomic mass is 9.99. The van der Waals surface area contributed by atoms with Gasteiger partial charge in [-0.25, -0.2) is 4.98 Å². The highest BCUT2D eigenvalue weighted by molar-refractivity contribution is 5.79. The number of nitrogens with zero attached hydrogens (tertiary/aromatic N) is 1. The van der Waals surface area contributed by atoms with Gasteiger partial charge in [0, 0.05) is 31.0 Å². The minimum Gasteiger partial charge on any atom is -0.381 e. The van der Waals surface area contributed by atoms with E-state index in [0.717, 1.165) is 30.8 Å². The van der Waals surface area contributed by atoms with Crippen LogP contribution in [0.1, 0.15) is 43.7 Å². The van der Waals surface area contributed by atoms with Gasteiger partial charge >= 0.3 is 0 Å². The summed E-state index contributed by atoms with van der Waals surface area (Å²) >= 11 is 0. The van der Waals surface area contributed by atoms with E-state index in [1.165, 1.54) is 0 Å². The fourth-order valence-electron chi connectivity index (χ4n) is 2.22. The molecular formula is C13H21N3O2. The molecule has 1 saturated heterocycles. The highest BCUT2D eigenvalue weighted by Crippen LogP contribution is 2.18. The third kappa shape index (κ3) is 3.10. The molecule has 2 rings (SSSR count).